The van der Waals surface area contributed by atoms with Gasteiger partial charge in [-0.15, -0.1) is 0 Å². The van der Waals surface area contributed by atoms with Crippen molar-refractivity contribution in [3.8, 4) is 6.07 Å². The molecule has 0 aromatic carbocycles. The second kappa shape index (κ2) is 3.76. The molecule has 62 valence electrons. The first kappa shape index (κ1) is 8.59. The highest BCUT2D eigenvalue weighted by Gasteiger charge is 2.26. The van der Waals surface area contributed by atoms with Crippen LogP contribution in [0.3, 0.4) is 0 Å². The monoisotopic (exact) mass is 151 g/mol. The molecule has 1 aliphatic carbocycles. The number of rotatable bonds is 1. The molecular formula is C10H17N. The number of hydrogen-bond donors (Lipinski definition) is 0. The summed E-state index contributed by atoms with van der Waals surface area (Å²) in [5, 5.41) is 8.83. The van der Waals surface area contributed by atoms with Crippen molar-refractivity contribution in [2.45, 2.75) is 39.5 Å². The Balaban J connectivity index is 2.50. The fourth-order valence-electron chi connectivity index (χ4n) is 2.12. The van der Waals surface area contributed by atoms with Crippen molar-refractivity contribution in [2.24, 2.45) is 17.8 Å². The molecule has 0 spiro atoms. The molecule has 0 aromatic rings. The van der Waals surface area contributed by atoms with Gasteiger partial charge in [-0.05, 0) is 31.1 Å². The van der Waals surface area contributed by atoms with Gasteiger partial charge in [-0.3, -0.25) is 0 Å². The highest BCUT2D eigenvalue weighted by Crippen LogP contribution is 2.34. The molecule has 0 N–H and O–H groups in total. The lowest BCUT2D eigenvalue weighted by Gasteiger charge is -2.29. The van der Waals surface area contributed by atoms with Gasteiger partial charge in [0.15, 0.2) is 0 Å². The van der Waals surface area contributed by atoms with E-state index >= 15 is 0 Å². The van der Waals surface area contributed by atoms with Crippen LogP contribution in [0.5, 0.6) is 0 Å². The van der Waals surface area contributed by atoms with Gasteiger partial charge in [-0.2, -0.15) is 5.26 Å². The molecule has 1 nitrogen and oxygen atoms in total. The van der Waals surface area contributed by atoms with Crippen molar-refractivity contribution in [1.29, 1.82) is 5.26 Å². The maximum atomic E-state index is 8.83. The Morgan fingerprint density at radius 2 is 2.18 bits per heavy atom. The van der Waals surface area contributed by atoms with Crippen LogP contribution in [0.25, 0.3) is 0 Å². The lowest BCUT2D eigenvalue weighted by atomic mass is 9.74. The highest BCUT2D eigenvalue weighted by molar-refractivity contribution is 4.91. The van der Waals surface area contributed by atoms with E-state index in [1.807, 2.05) is 0 Å². The number of nitriles is 1. The smallest absolute Gasteiger partial charge is 0.0658 e. The largest absolute Gasteiger partial charge is 0.198 e. The van der Waals surface area contributed by atoms with Gasteiger partial charge in [-0.1, -0.05) is 20.3 Å². The van der Waals surface area contributed by atoms with E-state index in [0.29, 0.717) is 11.8 Å². The van der Waals surface area contributed by atoms with E-state index in [1.54, 1.807) is 0 Å². The van der Waals surface area contributed by atoms with Gasteiger partial charge in [0.05, 0.1) is 6.07 Å². The minimum Gasteiger partial charge on any atom is -0.198 e. The summed E-state index contributed by atoms with van der Waals surface area (Å²) in [7, 11) is 0. The van der Waals surface area contributed by atoms with Gasteiger partial charge < -0.3 is 0 Å². The molecule has 3 unspecified atom stereocenters. The van der Waals surface area contributed by atoms with E-state index < -0.39 is 0 Å². The van der Waals surface area contributed by atoms with Crippen molar-refractivity contribution in [3.05, 3.63) is 0 Å². The quantitative estimate of drug-likeness (QED) is 0.565. The third-order valence-corrected chi connectivity index (χ3v) is 2.93. The maximum absolute atomic E-state index is 8.83. The van der Waals surface area contributed by atoms with Gasteiger partial charge in [0, 0.05) is 5.92 Å². The van der Waals surface area contributed by atoms with Gasteiger partial charge in [-0.25, -0.2) is 0 Å². The Kier molecular flexibility index (Phi) is 2.93. The summed E-state index contributed by atoms with van der Waals surface area (Å²) in [6.45, 7) is 4.50. The Morgan fingerprint density at radius 1 is 1.45 bits per heavy atom. The molecule has 0 bridgehead atoms. The van der Waals surface area contributed by atoms with Crippen molar-refractivity contribution >= 4 is 0 Å². The van der Waals surface area contributed by atoms with Gasteiger partial charge in [0.25, 0.3) is 0 Å². The highest BCUT2D eigenvalue weighted by atomic mass is 14.4. The van der Waals surface area contributed by atoms with Crippen LogP contribution < -0.4 is 0 Å². The summed E-state index contributed by atoms with van der Waals surface area (Å²) in [5.41, 5.74) is 0. The fraction of sp³-hybridized carbons (Fsp3) is 0.900. The van der Waals surface area contributed by atoms with Crippen molar-refractivity contribution < 1.29 is 0 Å². The average Bonchev–Trinajstić information content (AvgIpc) is 2.04. The predicted molar refractivity (Wildman–Crippen MR) is 45.9 cm³/mol. The van der Waals surface area contributed by atoms with Crippen LogP contribution >= 0.6 is 0 Å². The molecule has 0 radical (unpaired) electrons. The molecule has 1 fully saturated rings. The van der Waals surface area contributed by atoms with E-state index in [0.717, 1.165) is 12.3 Å². The molecule has 11 heavy (non-hydrogen) atoms. The summed E-state index contributed by atoms with van der Waals surface area (Å²) >= 11 is 0. The molecule has 0 amide bonds. The molecule has 1 saturated carbocycles. The molecule has 0 saturated heterocycles. The topological polar surface area (TPSA) is 23.8 Å². The lowest BCUT2D eigenvalue weighted by molar-refractivity contribution is 0.225. The zero-order chi connectivity index (χ0) is 8.27. The Hall–Kier alpha value is -0.510. The molecular weight excluding hydrogens is 134 g/mol. The molecule has 1 heteroatoms. The van der Waals surface area contributed by atoms with Crippen LogP contribution in [0.1, 0.15) is 39.5 Å². The predicted octanol–water partition coefficient (Wildman–Crippen LogP) is 2.97. The van der Waals surface area contributed by atoms with Crippen molar-refractivity contribution in [1.82, 2.24) is 0 Å². The van der Waals surface area contributed by atoms with Crippen LogP contribution in [-0.4, -0.2) is 0 Å². The van der Waals surface area contributed by atoms with Crippen LogP contribution in [0.15, 0.2) is 0 Å². The Labute approximate surface area is 69.4 Å². The normalized spacial score (nSPS) is 38.1. The minimum atomic E-state index is 0.358. The average molecular weight is 151 g/mol. The third-order valence-electron chi connectivity index (χ3n) is 2.93. The summed E-state index contributed by atoms with van der Waals surface area (Å²) < 4.78 is 0. The minimum absolute atomic E-state index is 0.358. The van der Waals surface area contributed by atoms with E-state index in [4.69, 9.17) is 5.26 Å². The maximum Gasteiger partial charge on any atom is 0.0658 e. The summed E-state index contributed by atoms with van der Waals surface area (Å²) in [6, 6.07) is 2.43. The summed E-state index contributed by atoms with van der Waals surface area (Å²) in [4.78, 5) is 0. The first-order valence-corrected chi connectivity index (χ1v) is 4.67. The van der Waals surface area contributed by atoms with E-state index in [9.17, 15) is 0 Å². The molecule has 0 heterocycles. The van der Waals surface area contributed by atoms with Crippen LogP contribution in [-0.2, 0) is 0 Å². The van der Waals surface area contributed by atoms with Gasteiger partial charge >= 0.3 is 0 Å². The first-order chi connectivity index (χ1) is 5.27. The van der Waals surface area contributed by atoms with Crippen molar-refractivity contribution in [3.63, 3.8) is 0 Å². The first-order valence-electron chi connectivity index (χ1n) is 4.67. The molecule has 1 rings (SSSR count). The lowest BCUT2D eigenvalue weighted by Crippen LogP contribution is -2.21. The second-order valence-corrected chi connectivity index (χ2v) is 3.82. The Morgan fingerprint density at radius 3 is 2.73 bits per heavy atom. The second-order valence-electron chi connectivity index (χ2n) is 3.82. The summed E-state index contributed by atoms with van der Waals surface area (Å²) in [6.07, 6.45) is 4.85. The van der Waals surface area contributed by atoms with E-state index in [-0.39, 0.29) is 0 Å². The molecule has 0 aromatic heterocycles. The van der Waals surface area contributed by atoms with Gasteiger partial charge in [0.1, 0.15) is 0 Å². The zero-order valence-corrected chi connectivity index (χ0v) is 7.51. The van der Waals surface area contributed by atoms with E-state index in [2.05, 4.69) is 19.9 Å². The number of nitrogens with zero attached hydrogens (tertiary/aromatic N) is 1. The molecule has 3 atom stereocenters. The SMILES string of the molecule is CCC1CC(C)CCC1C#N. The van der Waals surface area contributed by atoms with Crippen LogP contribution in [0.2, 0.25) is 0 Å². The van der Waals surface area contributed by atoms with Gasteiger partial charge in [0.2, 0.25) is 0 Å². The Bertz CT molecular complexity index is 157. The standard InChI is InChI=1S/C10H17N/c1-3-9-6-8(2)4-5-10(9)7-11/h8-10H,3-6H2,1-2H3. The van der Waals surface area contributed by atoms with E-state index in [1.165, 1.54) is 19.3 Å². The van der Waals surface area contributed by atoms with Crippen LogP contribution in [0, 0.1) is 29.1 Å². The van der Waals surface area contributed by atoms with Crippen LogP contribution in [0.4, 0.5) is 0 Å². The zero-order valence-electron chi connectivity index (χ0n) is 7.51. The molecule has 0 aliphatic heterocycles. The third kappa shape index (κ3) is 1.96. The fourth-order valence-corrected chi connectivity index (χ4v) is 2.12. The van der Waals surface area contributed by atoms with Crippen molar-refractivity contribution in [2.75, 3.05) is 0 Å². The summed E-state index contributed by atoms with van der Waals surface area (Å²) in [5.74, 6) is 1.89. The molecule has 1 aliphatic rings. The number of hydrogen-bond acceptors (Lipinski definition) is 1.